The average Bonchev–Trinajstić information content (AvgIpc) is 2.63. The molecule has 0 unspecified atom stereocenters. The predicted octanol–water partition coefficient (Wildman–Crippen LogP) is -1.11. The molecule has 0 amide bonds. The lowest BCUT2D eigenvalue weighted by Crippen LogP contribution is -2.43. The summed E-state index contributed by atoms with van der Waals surface area (Å²) >= 11 is 0. The van der Waals surface area contributed by atoms with Gasteiger partial charge < -0.3 is 21.0 Å². The van der Waals surface area contributed by atoms with E-state index in [2.05, 4.69) is 14.7 Å². The van der Waals surface area contributed by atoms with Crippen molar-refractivity contribution in [1.82, 2.24) is 14.5 Å². The summed E-state index contributed by atoms with van der Waals surface area (Å²) < 4.78 is 2.10. The normalized spacial score (nSPS) is 17.2. The Kier molecular flexibility index (Phi) is 1.80. The Morgan fingerprint density at radius 1 is 1.54 bits per heavy atom. The molecule has 1 aliphatic heterocycles. The maximum atomic E-state index is 5.59. The zero-order valence-corrected chi connectivity index (χ0v) is 7.22. The summed E-state index contributed by atoms with van der Waals surface area (Å²) in [6, 6.07) is 0. The van der Waals surface area contributed by atoms with E-state index in [1.54, 1.807) is 6.20 Å². The lowest BCUT2D eigenvalue weighted by molar-refractivity contribution is 0.326. The van der Waals surface area contributed by atoms with Gasteiger partial charge in [-0.3, -0.25) is 0 Å². The number of hydrazone groups is 1. The quantitative estimate of drug-likeness (QED) is 0.229. The Morgan fingerprint density at radius 2 is 2.38 bits per heavy atom. The van der Waals surface area contributed by atoms with Gasteiger partial charge in [0.1, 0.15) is 5.82 Å². The molecule has 13 heavy (non-hydrogen) atoms. The van der Waals surface area contributed by atoms with Crippen molar-refractivity contribution in [2.75, 3.05) is 6.54 Å². The van der Waals surface area contributed by atoms with E-state index in [1.807, 2.05) is 11.1 Å². The van der Waals surface area contributed by atoms with Gasteiger partial charge in [-0.05, 0) is 0 Å². The molecule has 1 aromatic heterocycles. The van der Waals surface area contributed by atoms with Gasteiger partial charge in [0.2, 0.25) is 5.96 Å². The zero-order chi connectivity index (χ0) is 9.26. The number of rotatable bonds is 0. The van der Waals surface area contributed by atoms with Gasteiger partial charge in [0.15, 0.2) is 0 Å². The van der Waals surface area contributed by atoms with Gasteiger partial charge in [0, 0.05) is 25.5 Å². The number of fused-ring (bicyclic) bond motifs is 1. The molecule has 0 radical (unpaired) electrons. The SMILES string of the molecule is NN=C(N)N1CCn2ccnc2C1. The molecule has 0 atom stereocenters. The standard InChI is InChI=1S/C7H12N6/c8-7(11-9)13-4-3-12-2-1-10-6(12)5-13/h1-2H,3-5,9H2,(H2,8,11). The minimum Gasteiger partial charge on any atom is -0.368 e. The van der Waals surface area contributed by atoms with E-state index in [0.29, 0.717) is 12.5 Å². The summed E-state index contributed by atoms with van der Waals surface area (Å²) in [6.07, 6.45) is 3.75. The number of nitrogens with two attached hydrogens (primary N) is 2. The zero-order valence-electron chi connectivity index (χ0n) is 7.22. The monoisotopic (exact) mass is 180 g/mol. The molecule has 0 spiro atoms. The molecule has 6 heteroatoms. The maximum absolute atomic E-state index is 5.59. The van der Waals surface area contributed by atoms with E-state index in [4.69, 9.17) is 11.6 Å². The summed E-state index contributed by atoms with van der Waals surface area (Å²) in [6.45, 7) is 2.39. The van der Waals surface area contributed by atoms with E-state index in [1.165, 1.54) is 0 Å². The predicted molar refractivity (Wildman–Crippen MR) is 48.4 cm³/mol. The smallest absolute Gasteiger partial charge is 0.213 e. The van der Waals surface area contributed by atoms with Crippen LogP contribution in [-0.4, -0.2) is 27.0 Å². The van der Waals surface area contributed by atoms with Crippen molar-refractivity contribution in [2.24, 2.45) is 16.7 Å². The van der Waals surface area contributed by atoms with Gasteiger partial charge in [-0.25, -0.2) is 4.98 Å². The fourth-order valence-electron chi connectivity index (χ4n) is 1.45. The van der Waals surface area contributed by atoms with Crippen LogP contribution in [0, 0.1) is 0 Å². The summed E-state index contributed by atoms with van der Waals surface area (Å²) in [5.74, 6) is 6.46. The van der Waals surface area contributed by atoms with Crippen LogP contribution in [0.2, 0.25) is 0 Å². The first-order chi connectivity index (χ1) is 6.31. The molecule has 0 saturated heterocycles. The van der Waals surface area contributed by atoms with E-state index in [9.17, 15) is 0 Å². The summed E-state index contributed by atoms with van der Waals surface area (Å²) in [7, 11) is 0. The number of imidazole rings is 1. The largest absolute Gasteiger partial charge is 0.368 e. The minimum atomic E-state index is 0.370. The maximum Gasteiger partial charge on any atom is 0.213 e. The molecular formula is C7H12N6. The third kappa shape index (κ3) is 1.30. The van der Waals surface area contributed by atoms with Gasteiger partial charge >= 0.3 is 0 Å². The number of nitrogens with zero attached hydrogens (tertiary/aromatic N) is 4. The first-order valence-electron chi connectivity index (χ1n) is 4.09. The molecule has 6 nitrogen and oxygen atoms in total. The van der Waals surface area contributed by atoms with Crippen LogP contribution in [0.1, 0.15) is 5.82 Å². The Balaban J connectivity index is 2.17. The molecule has 1 aromatic rings. The molecule has 2 heterocycles. The molecule has 70 valence electrons. The Morgan fingerprint density at radius 3 is 3.15 bits per heavy atom. The van der Waals surface area contributed by atoms with E-state index < -0.39 is 0 Å². The number of guanidine groups is 1. The van der Waals surface area contributed by atoms with E-state index >= 15 is 0 Å². The van der Waals surface area contributed by atoms with Crippen molar-refractivity contribution in [3.05, 3.63) is 18.2 Å². The third-order valence-corrected chi connectivity index (χ3v) is 2.20. The van der Waals surface area contributed by atoms with Crippen molar-refractivity contribution in [3.8, 4) is 0 Å². The molecule has 0 aromatic carbocycles. The molecule has 0 aliphatic carbocycles. The fraction of sp³-hybridized carbons (Fsp3) is 0.429. The van der Waals surface area contributed by atoms with Crippen LogP contribution in [0.5, 0.6) is 0 Å². The van der Waals surface area contributed by atoms with Crippen molar-refractivity contribution in [1.29, 1.82) is 0 Å². The van der Waals surface area contributed by atoms with Crippen LogP contribution in [0.4, 0.5) is 0 Å². The topological polar surface area (TPSA) is 85.5 Å². The average molecular weight is 180 g/mol. The van der Waals surface area contributed by atoms with Gasteiger partial charge in [0.05, 0.1) is 6.54 Å². The van der Waals surface area contributed by atoms with Crippen LogP contribution in [0.15, 0.2) is 17.5 Å². The highest BCUT2D eigenvalue weighted by Crippen LogP contribution is 2.08. The summed E-state index contributed by atoms with van der Waals surface area (Å²) in [4.78, 5) is 6.10. The molecule has 4 N–H and O–H groups in total. The first kappa shape index (κ1) is 7.90. The summed E-state index contributed by atoms with van der Waals surface area (Å²) in [5.41, 5.74) is 5.59. The second-order valence-electron chi connectivity index (χ2n) is 2.95. The highest BCUT2D eigenvalue weighted by Gasteiger charge is 2.17. The molecule has 0 saturated carbocycles. The number of hydrogen-bond acceptors (Lipinski definition) is 3. The van der Waals surface area contributed by atoms with Gasteiger partial charge in [-0.2, -0.15) is 0 Å². The first-order valence-corrected chi connectivity index (χ1v) is 4.09. The van der Waals surface area contributed by atoms with Crippen molar-refractivity contribution >= 4 is 5.96 Å². The highest BCUT2D eigenvalue weighted by molar-refractivity contribution is 5.77. The molecule has 1 aliphatic rings. The van der Waals surface area contributed by atoms with Crippen molar-refractivity contribution in [3.63, 3.8) is 0 Å². The molecular weight excluding hydrogens is 168 g/mol. The third-order valence-electron chi connectivity index (χ3n) is 2.20. The Labute approximate surface area is 75.8 Å². The van der Waals surface area contributed by atoms with Crippen LogP contribution in [0.25, 0.3) is 0 Å². The number of hydrogen-bond donors (Lipinski definition) is 2. The van der Waals surface area contributed by atoms with E-state index in [-0.39, 0.29) is 0 Å². The van der Waals surface area contributed by atoms with Crippen LogP contribution >= 0.6 is 0 Å². The molecule has 0 bridgehead atoms. The van der Waals surface area contributed by atoms with Crippen molar-refractivity contribution in [2.45, 2.75) is 13.1 Å². The van der Waals surface area contributed by atoms with Gasteiger partial charge in [-0.1, -0.05) is 0 Å². The van der Waals surface area contributed by atoms with Gasteiger partial charge in [0.25, 0.3) is 0 Å². The second-order valence-corrected chi connectivity index (χ2v) is 2.95. The Hall–Kier alpha value is -1.72. The Bertz CT molecular complexity index is 327. The van der Waals surface area contributed by atoms with Crippen molar-refractivity contribution < 1.29 is 0 Å². The van der Waals surface area contributed by atoms with Crippen LogP contribution in [0.3, 0.4) is 0 Å². The second kappa shape index (κ2) is 2.96. The van der Waals surface area contributed by atoms with E-state index in [0.717, 1.165) is 18.9 Å². The highest BCUT2D eigenvalue weighted by atomic mass is 15.3. The number of aromatic nitrogens is 2. The lowest BCUT2D eigenvalue weighted by Gasteiger charge is -2.27. The van der Waals surface area contributed by atoms with Crippen LogP contribution in [-0.2, 0) is 13.1 Å². The summed E-state index contributed by atoms with van der Waals surface area (Å²) in [5, 5.41) is 3.45. The molecule has 0 fully saturated rings. The lowest BCUT2D eigenvalue weighted by atomic mass is 10.4. The fourth-order valence-corrected chi connectivity index (χ4v) is 1.45. The molecule has 2 rings (SSSR count). The minimum absolute atomic E-state index is 0.370. The van der Waals surface area contributed by atoms with Gasteiger partial charge in [-0.15, -0.1) is 5.10 Å². The van der Waals surface area contributed by atoms with Crippen LogP contribution < -0.4 is 11.6 Å².